The molecule has 174 valence electrons. The molecule has 3 aromatic rings. The molecule has 3 nitrogen and oxygen atoms in total. The Labute approximate surface area is 246 Å². The molecule has 1 amide bonds. The smallest absolute Gasteiger partial charge is 0.449 e. The number of carbonyl (C=O) groups is 1. The maximum atomic E-state index is 13.8. The molecular formula is C27H24BF3KNO2. The second kappa shape index (κ2) is 10.9. The maximum Gasteiger partial charge on any atom is 1.00 e. The minimum atomic E-state index is -5.26. The molecule has 35 heavy (non-hydrogen) atoms. The quantitative estimate of drug-likeness (QED) is 0.432. The molecule has 1 aliphatic carbocycles. The van der Waals surface area contributed by atoms with Gasteiger partial charge in [-0.15, -0.1) is 11.9 Å². The van der Waals surface area contributed by atoms with Gasteiger partial charge in [-0.1, -0.05) is 65.6 Å². The fourth-order valence-corrected chi connectivity index (χ4v) is 5.07. The number of hydrogen-bond donors (Lipinski definition) is 1. The van der Waals surface area contributed by atoms with E-state index in [1.165, 1.54) is 13.8 Å². The first-order valence-corrected chi connectivity index (χ1v) is 11.0. The SMILES string of the molecule is C#Cc1c(C)c(CNC(=O)OCC2c3ccccc3-c3ccccc32)c(C)c([B-](F)(F)F)c1C.[K+]. The number of ether oxygens (including phenoxy) is 1. The molecule has 0 aliphatic heterocycles. The third-order valence-corrected chi connectivity index (χ3v) is 6.69. The van der Waals surface area contributed by atoms with Crippen LogP contribution < -0.4 is 62.2 Å². The summed E-state index contributed by atoms with van der Waals surface area (Å²) in [5, 5.41) is 2.61. The molecular weight excluding hydrogens is 477 g/mol. The third kappa shape index (κ3) is 5.25. The van der Waals surface area contributed by atoms with Crippen LogP contribution in [-0.4, -0.2) is 19.7 Å². The normalized spacial score (nSPS) is 12.3. The number of rotatable bonds is 5. The number of benzene rings is 3. The maximum absolute atomic E-state index is 13.8. The standard InChI is InChI=1S/C27H24BF3NO2.K/c1-5-19-16(2)24(18(4)26(17(19)3)28(29,30)31)14-32-27(33)34-15-25-22-12-8-6-10-20(22)21-11-7-9-13-23(21)25;/h1,6-13,25H,14-15H2,2-4H3,(H,32,33);/q-1;+1. The Bertz CT molecular complexity index is 1290. The molecule has 0 fully saturated rings. The molecule has 8 heteroatoms. The zero-order chi connectivity index (χ0) is 24.6. The van der Waals surface area contributed by atoms with Gasteiger partial charge in [0.15, 0.2) is 0 Å². The number of carbonyl (C=O) groups excluding carboxylic acids is 1. The Morgan fingerprint density at radius 2 is 1.51 bits per heavy atom. The Kier molecular flexibility index (Phi) is 8.61. The van der Waals surface area contributed by atoms with Gasteiger partial charge >= 0.3 is 64.5 Å². The van der Waals surface area contributed by atoms with E-state index in [1.807, 2.05) is 48.5 Å². The first-order chi connectivity index (χ1) is 16.1. The fourth-order valence-electron chi connectivity index (χ4n) is 5.07. The van der Waals surface area contributed by atoms with Crippen molar-refractivity contribution in [2.45, 2.75) is 33.2 Å². The molecule has 0 atom stereocenters. The van der Waals surface area contributed by atoms with Crippen molar-refractivity contribution in [2.24, 2.45) is 0 Å². The average molecular weight is 501 g/mol. The minimum absolute atomic E-state index is 0. The van der Waals surface area contributed by atoms with Gasteiger partial charge in [-0.05, 0) is 54.2 Å². The molecule has 0 saturated heterocycles. The molecule has 0 heterocycles. The van der Waals surface area contributed by atoms with E-state index in [9.17, 15) is 17.7 Å². The van der Waals surface area contributed by atoms with E-state index >= 15 is 0 Å². The number of amides is 1. The summed E-state index contributed by atoms with van der Waals surface area (Å²) >= 11 is 0. The van der Waals surface area contributed by atoms with E-state index in [-0.39, 0.29) is 87.1 Å². The molecule has 1 aliphatic rings. The van der Waals surface area contributed by atoms with Gasteiger partial charge < -0.3 is 23.0 Å². The number of fused-ring (bicyclic) bond motifs is 3. The summed E-state index contributed by atoms with van der Waals surface area (Å²) in [6, 6.07) is 16.0. The predicted molar refractivity (Wildman–Crippen MR) is 129 cm³/mol. The molecule has 0 spiro atoms. The predicted octanol–water partition coefficient (Wildman–Crippen LogP) is 2.69. The van der Waals surface area contributed by atoms with Crippen molar-refractivity contribution >= 4 is 18.5 Å². The van der Waals surface area contributed by atoms with Crippen molar-refractivity contribution in [3.05, 3.63) is 87.5 Å². The topological polar surface area (TPSA) is 38.3 Å². The van der Waals surface area contributed by atoms with Gasteiger partial charge in [-0.25, -0.2) is 4.79 Å². The van der Waals surface area contributed by atoms with Gasteiger partial charge in [0.25, 0.3) is 0 Å². The van der Waals surface area contributed by atoms with E-state index in [4.69, 9.17) is 11.2 Å². The summed E-state index contributed by atoms with van der Waals surface area (Å²) in [4.78, 5) is 12.5. The van der Waals surface area contributed by atoms with Crippen molar-refractivity contribution in [1.29, 1.82) is 0 Å². The summed E-state index contributed by atoms with van der Waals surface area (Å²) in [6.45, 7) is -0.757. The summed E-state index contributed by atoms with van der Waals surface area (Å²) < 4.78 is 46.8. The Morgan fingerprint density at radius 1 is 0.971 bits per heavy atom. The van der Waals surface area contributed by atoms with Crippen LogP contribution in [-0.2, 0) is 11.3 Å². The van der Waals surface area contributed by atoms with Gasteiger partial charge in [-0.2, -0.15) is 0 Å². The van der Waals surface area contributed by atoms with E-state index in [0.29, 0.717) is 11.1 Å². The van der Waals surface area contributed by atoms with Gasteiger partial charge in [0.1, 0.15) is 6.61 Å². The molecule has 0 radical (unpaired) electrons. The number of hydrogen-bond acceptors (Lipinski definition) is 2. The third-order valence-electron chi connectivity index (χ3n) is 6.69. The van der Waals surface area contributed by atoms with Crippen LogP contribution in [0.3, 0.4) is 0 Å². The van der Waals surface area contributed by atoms with E-state index in [0.717, 1.165) is 22.3 Å². The fraction of sp³-hybridized carbons (Fsp3) is 0.222. The Hall–Kier alpha value is -2.02. The van der Waals surface area contributed by atoms with E-state index < -0.39 is 18.5 Å². The van der Waals surface area contributed by atoms with Crippen LogP contribution in [0.4, 0.5) is 17.7 Å². The molecule has 1 N–H and O–H groups in total. The van der Waals surface area contributed by atoms with Gasteiger partial charge in [0, 0.05) is 18.0 Å². The first kappa shape index (κ1) is 27.6. The average Bonchev–Trinajstić information content (AvgIpc) is 3.10. The number of nitrogens with one attached hydrogen (secondary N) is 1. The van der Waals surface area contributed by atoms with Crippen LogP contribution >= 0.6 is 0 Å². The van der Waals surface area contributed by atoms with Crippen molar-refractivity contribution in [3.8, 4) is 23.5 Å². The van der Waals surface area contributed by atoms with Crippen molar-refractivity contribution in [2.75, 3.05) is 6.61 Å². The van der Waals surface area contributed by atoms with E-state index in [1.54, 1.807) is 6.92 Å². The molecule has 0 bridgehead atoms. The van der Waals surface area contributed by atoms with Crippen LogP contribution in [0.5, 0.6) is 0 Å². The summed E-state index contributed by atoms with van der Waals surface area (Å²) in [7, 11) is 0. The number of halogens is 3. The Balaban J connectivity index is 0.00000342. The van der Waals surface area contributed by atoms with Gasteiger partial charge in [0.05, 0.1) is 0 Å². The zero-order valence-corrected chi connectivity index (χ0v) is 23.3. The first-order valence-electron chi connectivity index (χ1n) is 11.0. The molecule has 0 aromatic heterocycles. The second-order valence-electron chi connectivity index (χ2n) is 8.54. The Morgan fingerprint density at radius 3 is 2.03 bits per heavy atom. The number of alkyl carbamates (subject to hydrolysis) is 1. The summed E-state index contributed by atoms with van der Waals surface area (Å²) in [5.74, 6) is 2.28. The molecule has 4 rings (SSSR count). The summed E-state index contributed by atoms with van der Waals surface area (Å²) in [6.07, 6.45) is 4.82. The van der Waals surface area contributed by atoms with Crippen LogP contribution in [0.1, 0.15) is 44.9 Å². The van der Waals surface area contributed by atoms with Crippen LogP contribution in [0, 0.1) is 33.1 Å². The van der Waals surface area contributed by atoms with E-state index in [2.05, 4.69) is 11.2 Å². The van der Waals surface area contributed by atoms with Crippen molar-refractivity contribution in [1.82, 2.24) is 5.32 Å². The van der Waals surface area contributed by atoms with Gasteiger partial charge in [0.2, 0.25) is 0 Å². The molecule has 0 saturated carbocycles. The van der Waals surface area contributed by atoms with Crippen molar-refractivity contribution in [3.63, 3.8) is 0 Å². The summed E-state index contributed by atoms with van der Waals surface area (Å²) in [5.41, 5.74) is 4.96. The second-order valence-corrected chi connectivity index (χ2v) is 8.54. The van der Waals surface area contributed by atoms with Crippen LogP contribution in [0.15, 0.2) is 48.5 Å². The van der Waals surface area contributed by atoms with Gasteiger partial charge in [-0.3, -0.25) is 0 Å². The zero-order valence-electron chi connectivity index (χ0n) is 20.2. The molecule has 0 unspecified atom stereocenters. The monoisotopic (exact) mass is 501 g/mol. The van der Waals surface area contributed by atoms with Crippen LogP contribution in [0.2, 0.25) is 0 Å². The largest absolute Gasteiger partial charge is 1.00 e. The van der Waals surface area contributed by atoms with Crippen LogP contribution in [0.25, 0.3) is 11.1 Å². The number of terminal acetylenes is 1. The molecule has 3 aromatic carbocycles. The van der Waals surface area contributed by atoms with Crippen molar-refractivity contribution < 1.29 is 73.9 Å². The minimum Gasteiger partial charge on any atom is -0.449 e.